The van der Waals surface area contributed by atoms with Gasteiger partial charge in [-0.3, -0.25) is 9.69 Å². The van der Waals surface area contributed by atoms with Crippen LogP contribution >= 0.6 is 0 Å². The summed E-state index contributed by atoms with van der Waals surface area (Å²) < 4.78 is 14.0. The van der Waals surface area contributed by atoms with Crippen molar-refractivity contribution in [2.45, 2.75) is 19.8 Å². The van der Waals surface area contributed by atoms with Gasteiger partial charge in [-0.05, 0) is 37.1 Å². The molecule has 1 aromatic rings. The SMILES string of the molecule is CC(CN)CC(=O)Nc1ccc(F)c(N2CCCNC2=O)c1. The van der Waals surface area contributed by atoms with Crippen molar-refractivity contribution in [1.29, 1.82) is 0 Å². The van der Waals surface area contributed by atoms with Crippen LogP contribution in [-0.4, -0.2) is 31.6 Å². The number of rotatable bonds is 5. The first-order valence-electron chi connectivity index (χ1n) is 7.36. The maximum atomic E-state index is 14.0. The number of amides is 3. The number of benzene rings is 1. The van der Waals surface area contributed by atoms with Crippen LogP contribution in [0.5, 0.6) is 0 Å². The Morgan fingerprint density at radius 2 is 2.32 bits per heavy atom. The molecule has 1 atom stereocenters. The summed E-state index contributed by atoms with van der Waals surface area (Å²) in [5, 5.41) is 5.38. The third kappa shape index (κ3) is 3.94. The van der Waals surface area contributed by atoms with E-state index in [2.05, 4.69) is 10.6 Å². The maximum Gasteiger partial charge on any atom is 0.321 e. The van der Waals surface area contributed by atoms with Gasteiger partial charge in [0.25, 0.3) is 0 Å². The van der Waals surface area contributed by atoms with Crippen LogP contribution in [-0.2, 0) is 4.79 Å². The lowest BCUT2D eigenvalue weighted by atomic mass is 10.1. The zero-order valence-electron chi connectivity index (χ0n) is 12.6. The third-order valence-electron chi connectivity index (χ3n) is 3.54. The number of anilines is 2. The molecule has 1 aliphatic heterocycles. The molecule has 0 radical (unpaired) electrons. The topological polar surface area (TPSA) is 87.5 Å². The smallest absolute Gasteiger partial charge is 0.321 e. The first-order valence-corrected chi connectivity index (χ1v) is 7.36. The molecule has 0 saturated carbocycles. The normalized spacial score (nSPS) is 16.1. The highest BCUT2D eigenvalue weighted by molar-refractivity contribution is 5.95. The Labute approximate surface area is 128 Å². The molecule has 1 heterocycles. The molecule has 120 valence electrons. The number of halogens is 1. The van der Waals surface area contributed by atoms with Gasteiger partial charge in [0.1, 0.15) is 5.82 Å². The van der Waals surface area contributed by atoms with Crippen LogP contribution in [0.4, 0.5) is 20.6 Å². The highest BCUT2D eigenvalue weighted by atomic mass is 19.1. The van der Waals surface area contributed by atoms with Gasteiger partial charge in [0, 0.05) is 25.2 Å². The van der Waals surface area contributed by atoms with Crippen molar-refractivity contribution >= 4 is 23.3 Å². The van der Waals surface area contributed by atoms with E-state index in [4.69, 9.17) is 5.73 Å². The van der Waals surface area contributed by atoms with Crippen LogP contribution in [0.15, 0.2) is 18.2 Å². The number of urea groups is 1. The number of nitrogens with zero attached hydrogens (tertiary/aromatic N) is 1. The van der Waals surface area contributed by atoms with E-state index < -0.39 is 5.82 Å². The standard InChI is InChI=1S/C15H21FN4O2/c1-10(9-17)7-14(21)19-11-3-4-12(16)13(8-11)20-6-2-5-18-15(20)22/h3-4,8,10H,2,5-7,9,17H2,1H3,(H,18,22)(H,19,21). The lowest BCUT2D eigenvalue weighted by molar-refractivity contribution is -0.116. The summed E-state index contributed by atoms with van der Waals surface area (Å²) in [6.45, 7) is 3.35. The van der Waals surface area contributed by atoms with Crippen LogP contribution in [0.3, 0.4) is 0 Å². The van der Waals surface area contributed by atoms with E-state index in [1.807, 2.05) is 6.92 Å². The number of nitrogens with two attached hydrogens (primary N) is 1. The Morgan fingerprint density at radius 1 is 1.55 bits per heavy atom. The van der Waals surface area contributed by atoms with Gasteiger partial charge < -0.3 is 16.4 Å². The van der Waals surface area contributed by atoms with Gasteiger partial charge in [-0.1, -0.05) is 6.92 Å². The fraction of sp³-hybridized carbons (Fsp3) is 0.467. The summed E-state index contributed by atoms with van der Waals surface area (Å²) in [4.78, 5) is 25.0. The van der Waals surface area contributed by atoms with Gasteiger partial charge in [0.15, 0.2) is 0 Å². The number of hydrogen-bond donors (Lipinski definition) is 3. The fourth-order valence-corrected chi connectivity index (χ4v) is 2.27. The minimum Gasteiger partial charge on any atom is -0.338 e. The summed E-state index contributed by atoms with van der Waals surface area (Å²) in [5.41, 5.74) is 6.12. The average molecular weight is 308 g/mol. The van der Waals surface area contributed by atoms with Gasteiger partial charge in [-0.15, -0.1) is 0 Å². The second kappa shape index (κ2) is 7.22. The second-order valence-corrected chi connectivity index (χ2v) is 5.50. The number of carbonyl (C=O) groups excluding carboxylic acids is 2. The molecular weight excluding hydrogens is 287 g/mol. The Hall–Kier alpha value is -2.15. The van der Waals surface area contributed by atoms with Gasteiger partial charge in [-0.2, -0.15) is 0 Å². The first-order chi connectivity index (χ1) is 10.5. The third-order valence-corrected chi connectivity index (χ3v) is 3.54. The maximum absolute atomic E-state index is 14.0. The molecule has 3 amide bonds. The second-order valence-electron chi connectivity index (χ2n) is 5.50. The van der Waals surface area contributed by atoms with Gasteiger partial charge in [-0.25, -0.2) is 9.18 Å². The number of nitrogens with one attached hydrogen (secondary N) is 2. The summed E-state index contributed by atoms with van der Waals surface area (Å²) >= 11 is 0. The molecule has 1 aliphatic rings. The molecule has 0 aliphatic carbocycles. The molecule has 1 saturated heterocycles. The Morgan fingerprint density at radius 3 is 3.00 bits per heavy atom. The van der Waals surface area contributed by atoms with Gasteiger partial charge in [0.2, 0.25) is 5.91 Å². The molecule has 0 aromatic heterocycles. The average Bonchev–Trinajstić information content (AvgIpc) is 2.49. The van der Waals surface area contributed by atoms with Crippen molar-refractivity contribution in [3.05, 3.63) is 24.0 Å². The van der Waals surface area contributed by atoms with E-state index in [-0.39, 0.29) is 23.5 Å². The number of hydrogen-bond acceptors (Lipinski definition) is 3. The number of carbonyl (C=O) groups is 2. The molecule has 1 unspecified atom stereocenters. The Balaban J connectivity index is 2.12. The highest BCUT2D eigenvalue weighted by Crippen LogP contribution is 2.25. The van der Waals surface area contributed by atoms with E-state index >= 15 is 0 Å². The molecule has 6 nitrogen and oxygen atoms in total. The highest BCUT2D eigenvalue weighted by Gasteiger charge is 2.22. The molecule has 0 bridgehead atoms. The molecule has 22 heavy (non-hydrogen) atoms. The van der Waals surface area contributed by atoms with Crippen LogP contribution in [0.25, 0.3) is 0 Å². The molecule has 1 aromatic carbocycles. The van der Waals surface area contributed by atoms with Crippen molar-refractivity contribution in [3.63, 3.8) is 0 Å². The quantitative estimate of drug-likeness (QED) is 0.773. The molecule has 4 N–H and O–H groups in total. The zero-order valence-corrected chi connectivity index (χ0v) is 12.6. The first kappa shape index (κ1) is 16.2. The predicted octanol–water partition coefficient (Wildman–Crippen LogP) is 1.67. The van der Waals surface area contributed by atoms with Crippen molar-refractivity contribution in [2.24, 2.45) is 11.7 Å². The molecule has 1 fully saturated rings. The molecule has 0 spiro atoms. The van der Waals surface area contributed by atoms with Crippen molar-refractivity contribution < 1.29 is 14.0 Å². The summed E-state index contributed by atoms with van der Waals surface area (Å²) in [7, 11) is 0. The van der Waals surface area contributed by atoms with Crippen molar-refractivity contribution in [2.75, 3.05) is 29.9 Å². The predicted molar refractivity (Wildman–Crippen MR) is 83.2 cm³/mol. The monoisotopic (exact) mass is 308 g/mol. The minimum absolute atomic E-state index is 0.0767. The molecule has 7 heteroatoms. The largest absolute Gasteiger partial charge is 0.338 e. The van der Waals surface area contributed by atoms with Crippen LogP contribution in [0, 0.1) is 11.7 Å². The van der Waals surface area contributed by atoms with Crippen LogP contribution in [0.1, 0.15) is 19.8 Å². The molecular formula is C15H21FN4O2. The van der Waals surface area contributed by atoms with Gasteiger partial charge >= 0.3 is 6.03 Å². The van der Waals surface area contributed by atoms with E-state index in [1.165, 1.54) is 23.1 Å². The Kier molecular flexibility index (Phi) is 5.32. The van der Waals surface area contributed by atoms with Crippen LogP contribution < -0.4 is 21.3 Å². The summed E-state index contributed by atoms with van der Waals surface area (Å²) in [5.74, 6) is -0.600. The Bertz CT molecular complexity index is 564. The van der Waals surface area contributed by atoms with E-state index in [0.717, 1.165) is 6.42 Å². The zero-order chi connectivity index (χ0) is 16.1. The lowest BCUT2D eigenvalue weighted by Crippen LogP contribution is -2.46. The molecule has 2 rings (SSSR count). The lowest BCUT2D eigenvalue weighted by Gasteiger charge is -2.28. The fourth-order valence-electron chi connectivity index (χ4n) is 2.27. The summed E-state index contributed by atoms with van der Waals surface area (Å²) in [6.07, 6.45) is 1.04. The van der Waals surface area contributed by atoms with E-state index in [9.17, 15) is 14.0 Å². The van der Waals surface area contributed by atoms with Crippen LogP contribution in [0.2, 0.25) is 0 Å². The van der Waals surface area contributed by atoms with Crippen molar-refractivity contribution in [3.8, 4) is 0 Å². The van der Waals surface area contributed by atoms with E-state index in [0.29, 0.717) is 31.7 Å². The summed E-state index contributed by atoms with van der Waals surface area (Å²) in [6, 6.07) is 3.88. The minimum atomic E-state index is -0.495. The van der Waals surface area contributed by atoms with Gasteiger partial charge in [0.05, 0.1) is 5.69 Å². The van der Waals surface area contributed by atoms with E-state index in [1.54, 1.807) is 0 Å². The van der Waals surface area contributed by atoms with Crippen molar-refractivity contribution in [1.82, 2.24) is 5.32 Å².